The fourth-order valence-electron chi connectivity index (χ4n) is 3.85. The van der Waals surface area contributed by atoms with Crippen molar-refractivity contribution in [2.45, 2.75) is 30.2 Å². The number of hydrogen-bond donors (Lipinski definition) is 2. The van der Waals surface area contributed by atoms with Gasteiger partial charge in [-0.15, -0.1) is 0 Å². The van der Waals surface area contributed by atoms with Crippen LogP contribution in [0.3, 0.4) is 0 Å². The minimum Gasteiger partial charge on any atom is -0.480 e. The van der Waals surface area contributed by atoms with Crippen LogP contribution < -0.4 is 15.0 Å². The highest BCUT2D eigenvalue weighted by Gasteiger charge is 2.46. The number of benzene rings is 1. The zero-order chi connectivity index (χ0) is 21.7. The molecule has 2 amide bonds. The van der Waals surface area contributed by atoms with Crippen LogP contribution in [0.1, 0.15) is 22.9 Å². The Morgan fingerprint density at radius 2 is 1.94 bits per heavy atom. The summed E-state index contributed by atoms with van der Waals surface area (Å²) in [4.78, 5) is 34.8. The van der Waals surface area contributed by atoms with Crippen LogP contribution in [0.4, 0.5) is 16.2 Å². The Bertz CT molecular complexity index is 1210. The number of carboxylic acid groups (broad SMARTS) is 1. The smallest absolute Gasteiger partial charge is 0.327 e. The van der Waals surface area contributed by atoms with Crippen molar-refractivity contribution in [3.8, 4) is 11.5 Å². The highest BCUT2D eigenvalue weighted by atomic mass is 32.2. The molecule has 31 heavy (non-hydrogen) atoms. The first-order valence-corrected chi connectivity index (χ1v) is 10.5. The molecule has 2 aliphatic rings. The Morgan fingerprint density at radius 3 is 2.65 bits per heavy atom. The average Bonchev–Trinajstić information content (AvgIpc) is 3.11. The van der Waals surface area contributed by atoms with Crippen molar-refractivity contribution >= 4 is 35.1 Å². The fraction of sp³-hybridized carbons (Fsp3) is 0.182. The van der Waals surface area contributed by atoms with E-state index >= 15 is 0 Å². The van der Waals surface area contributed by atoms with Crippen LogP contribution in [0.5, 0.6) is 11.5 Å². The highest BCUT2D eigenvalue weighted by molar-refractivity contribution is 8.00. The lowest BCUT2D eigenvalue weighted by atomic mass is 10.00. The number of pyridine rings is 2. The molecule has 2 N–H and O–H groups in total. The van der Waals surface area contributed by atoms with Crippen molar-refractivity contribution in [2.24, 2.45) is 0 Å². The van der Waals surface area contributed by atoms with E-state index in [2.05, 4.69) is 15.3 Å². The molecule has 0 bridgehead atoms. The van der Waals surface area contributed by atoms with Crippen molar-refractivity contribution in [1.82, 2.24) is 15.3 Å². The summed E-state index contributed by atoms with van der Waals surface area (Å²) in [6, 6.07) is 9.94. The molecule has 0 radical (unpaired) electrons. The molecular formula is C22H18N4O4S. The maximum absolute atomic E-state index is 13.0. The van der Waals surface area contributed by atoms with E-state index in [1.165, 1.54) is 0 Å². The molecule has 2 aliphatic heterocycles. The Hall–Kier alpha value is -3.59. The number of carboxylic acids is 1. The molecule has 4 heterocycles. The van der Waals surface area contributed by atoms with Crippen LogP contribution in [0, 0.1) is 13.8 Å². The van der Waals surface area contributed by atoms with Gasteiger partial charge in [0.05, 0.1) is 23.6 Å². The van der Waals surface area contributed by atoms with Gasteiger partial charge in [-0.1, -0.05) is 11.8 Å². The third-order valence-corrected chi connectivity index (χ3v) is 6.55. The lowest BCUT2D eigenvalue weighted by Gasteiger charge is -2.34. The Labute approximate surface area is 182 Å². The van der Waals surface area contributed by atoms with E-state index in [9.17, 15) is 14.7 Å². The predicted molar refractivity (Wildman–Crippen MR) is 115 cm³/mol. The zero-order valence-corrected chi connectivity index (χ0v) is 17.5. The number of carbonyl (C=O) groups is 2. The van der Waals surface area contributed by atoms with Crippen LogP contribution in [0.25, 0.3) is 0 Å². The molecule has 8 nitrogen and oxygen atoms in total. The number of anilines is 2. The van der Waals surface area contributed by atoms with Gasteiger partial charge >= 0.3 is 12.0 Å². The van der Waals surface area contributed by atoms with Gasteiger partial charge in [0.2, 0.25) is 0 Å². The SMILES string of the molecule is Cc1ccc(Oc2ccc(N3C(=O)NC4c5c3ccnc5SC4C(=O)O)c(C)c2)cn1. The molecule has 0 saturated heterocycles. The molecule has 2 atom stereocenters. The number of ether oxygens (including phenoxy) is 1. The van der Waals surface area contributed by atoms with Gasteiger partial charge in [0.25, 0.3) is 0 Å². The van der Waals surface area contributed by atoms with Crippen molar-refractivity contribution in [3.05, 3.63) is 65.6 Å². The van der Waals surface area contributed by atoms with Crippen LogP contribution in [0.2, 0.25) is 0 Å². The van der Waals surface area contributed by atoms with Crippen molar-refractivity contribution < 1.29 is 19.4 Å². The van der Waals surface area contributed by atoms with Gasteiger partial charge in [0.1, 0.15) is 21.8 Å². The number of aliphatic carboxylic acids is 1. The number of nitrogens with zero attached hydrogens (tertiary/aromatic N) is 3. The van der Waals surface area contributed by atoms with Crippen LogP contribution >= 0.6 is 11.8 Å². The van der Waals surface area contributed by atoms with Crippen LogP contribution in [0.15, 0.2) is 53.8 Å². The molecule has 0 saturated carbocycles. The zero-order valence-electron chi connectivity index (χ0n) is 16.7. The molecule has 9 heteroatoms. The second-order valence-electron chi connectivity index (χ2n) is 7.37. The van der Waals surface area contributed by atoms with E-state index < -0.39 is 17.3 Å². The molecule has 156 valence electrons. The lowest BCUT2D eigenvalue weighted by Crippen LogP contribution is -2.47. The van der Waals surface area contributed by atoms with Crippen LogP contribution in [-0.2, 0) is 4.79 Å². The summed E-state index contributed by atoms with van der Waals surface area (Å²) in [6.45, 7) is 3.80. The minimum atomic E-state index is -0.976. The fourth-order valence-corrected chi connectivity index (χ4v) is 5.01. The maximum Gasteiger partial charge on any atom is 0.327 e. The summed E-state index contributed by atoms with van der Waals surface area (Å²) >= 11 is 1.16. The number of nitrogens with one attached hydrogen (secondary N) is 1. The topological polar surface area (TPSA) is 105 Å². The van der Waals surface area contributed by atoms with Crippen molar-refractivity contribution in [1.29, 1.82) is 0 Å². The molecular weight excluding hydrogens is 416 g/mol. The molecule has 5 rings (SSSR count). The largest absolute Gasteiger partial charge is 0.480 e. The van der Waals surface area contributed by atoms with Gasteiger partial charge in [0.15, 0.2) is 0 Å². The summed E-state index contributed by atoms with van der Waals surface area (Å²) < 4.78 is 5.88. The van der Waals surface area contributed by atoms with Gasteiger partial charge in [-0.25, -0.2) is 9.78 Å². The van der Waals surface area contributed by atoms with E-state index in [1.54, 1.807) is 29.4 Å². The standard InChI is InChI=1S/C22H18N4O4S/c1-11-9-13(30-14-4-3-12(2)24-10-14)5-6-15(11)26-16-7-8-23-20-17(16)18(25-22(26)29)19(31-20)21(27)28/h3-10,18-19H,1-2H3,(H,25,29)(H,27,28). The van der Waals surface area contributed by atoms with Gasteiger partial charge in [-0.3, -0.25) is 14.7 Å². The lowest BCUT2D eigenvalue weighted by molar-refractivity contribution is -0.136. The third kappa shape index (κ3) is 3.27. The quantitative estimate of drug-likeness (QED) is 0.629. The first kappa shape index (κ1) is 19.4. The van der Waals surface area contributed by atoms with Crippen molar-refractivity contribution in [2.75, 3.05) is 4.90 Å². The summed E-state index contributed by atoms with van der Waals surface area (Å²) in [5.41, 5.74) is 3.81. The molecule has 0 spiro atoms. The second-order valence-corrected chi connectivity index (χ2v) is 8.50. The highest BCUT2D eigenvalue weighted by Crippen LogP contribution is 2.50. The number of aromatic nitrogens is 2. The van der Waals surface area contributed by atoms with E-state index in [0.717, 1.165) is 28.6 Å². The monoisotopic (exact) mass is 434 g/mol. The molecule has 1 aromatic carbocycles. The van der Waals surface area contributed by atoms with Gasteiger partial charge in [-0.2, -0.15) is 0 Å². The molecule has 0 aliphatic carbocycles. The number of thioether (sulfide) groups is 1. The first-order valence-electron chi connectivity index (χ1n) is 9.62. The number of amides is 2. The predicted octanol–water partition coefficient (Wildman–Crippen LogP) is 4.35. The normalized spacial score (nSPS) is 19.0. The second kappa shape index (κ2) is 7.28. The minimum absolute atomic E-state index is 0.372. The van der Waals surface area contributed by atoms with Gasteiger partial charge in [0, 0.05) is 17.5 Å². The number of hydrogen-bond acceptors (Lipinski definition) is 6. The number of aryl methyl sites for hydroxylation is 2. The average molecular weight is 434 g/mol. The number of urea groups is 1. The Balaban J connectivity index is 1.50. The number of carbonyl (C=O) groups excluding carboxylic acids is 1. The van der Waals surface area contributed by atoms with Gasteiger partial charge < -0.3 is 15.2 Å². The Morgan fingerprint density at radius 1 is 1.13 bits per heavy atom. The molecule has 2 unspecified atom stereocenters. The Kier molecular flexibility index (Phi) is 4.55. The summed E-state index contributed by atoms with van der Waals surface area (Å²) in [7, 11) is 0. The van der Waals surface area contributed by atoms with E-state index in [1.807, 2.05) is 38.1 Å². The summed E-state index contributed by atoms with van der Waals surface area (Å²) in [5.74, 6) is 0.277. The third-order valence-electron chi connectivity index (χ3n) is 5.28. The van der Waals surface area contributed by atoms with Crippen molar-refractivity contribution in [3.63, 3.8) is 0 Å². The number of rotatable bonds is 4. The summed E-state index contributed by atoms with van der Waals surface area (Å²) in [6.07, 6.45) is 3.26. The van der Waals surface area contributed by atoms with Crippen LogP contribution in [-0.4, -0.2) is 32.3 Å². The van der Waals surface area contributed by atoms with E-state index in [-0.39, 0.29) is 6.03 Å². The first-order chi connectivity index (χ1) is 14.9. The van der Waals surface area contributed by atoms with E-state index in [4.69, 9.17) is 4.74 Å². The maximum atomic E-state index is 13.0. The van der Waals surface area contributed by atoms with Gasteiger partial charge in [-0.05, 0) is 55.8 Å². The molecule has 0 fully saturated rings. The molecule has 2 aromatic heterocycles. The molecule has 3 aromatic rings. The van der Waals surface area contributed by atoms with E-state index in [0.29, 0.717) is 27.9 Å². The summed E-state index contributed by atoms with van der Waals surface area (Å²) in [5, 5.41) is 12.2.